The highest BCUT2D eigenvalue weighted by Gasteiger charge is 2.34. The van der Waals surface area contributed by atoms with Crippen molar-refractivity contribution >= 4 is 16.0 Å². The van der Waals surface area contributed by atoms with Crippen molar-refractivity contribution in [1.29, 1.82) is 5.26 Å². The average Bonchev–Trinajstić information content (AvgIpc) is 2.55. The summed E-state index contributed by atoms with van der Waals surface area (Å²) >= 11 is 0. The number of carbonyl (C=O) groups is 1. The standard InChI is InChI=1S/C15H18N2O5S/c16-9-12-5-1-2-7-14(12)23(20,21)17-8-4-3-6-13(17)10-22-11-15(18)19/h1-2,5,7,13H,3-4,6,8,10-11H2,(H,18,19)/t13-/m0/s1. The van der Waals surface area contributed by atoms with E-state index in [0.29, 0.717) is 13.0 Å². The predicted octanol–water partition coefficient (Wildman–Crippen LogP) is 1.20. The number of hydrogen-bond donors (Lipinski definition) is 1. The van der Waals surface area contributed by atoms with Gasteiger partial charge in [0, 0.05) is 12.6 Å². The number of nitriles is 1. The maximum atomic E-state index is 12.9. The summed E-state index contributed by atoms with van der Waals surface area (Å²) in [5.74, 6) is -1.09. The Labute approximate surface area is 135 Å². The Morgan fingerprint density at radius 2 is 2.13 bits per heavy atom. The van der Waals surface area contributed by atoms with Gasteiger partial charge in [-0.15, -0.1) is 0 Å². The van der Waals surface area contributed by atoms with E-state index < -0.39 is 28.6 Å². The third kappa shape index (κ3) is 4.07. The van der Waals surface area contributed by atoms with E-state index in [-0.39, 0.29) is 17.1 Å². The van der Waals surface area contributed by atoms with Gasteiger partial charge in [-0.1, -0.05) is 18.6 Å². The zero-order chi connectivity index (χ0) is 16.9. The van der Waals surface area contributed by atoms with Gasteiger partial charge in [-0.05, 0) is 25.0 Å². The molecule has 1 fully saturated rings. The van der Waals surface area contributed by atoms with Gasteiger partial charge in [-0.25, -0.2) is 13.2 Å². The fraction of sp³-hybridized carbons (Fsp3) is 0.467. The first kappa shape index (κ1) is 17.4. The second-order valence-electron chi connectivity index (χ2n) is 5.28. The molecular weight excluding hydrogens is 320 g/mol. The molecule has 1 heterocycles. The van der Waals surface area contributed by atoms with Gasteiger partial charge in [0.05, 0.1) is 17.1 Å². The Morgan fingerprint density at radius 1 is 1.39 bits per heavy atom. The fourth-order valence-corrected chi connectivity index (χ4v) is 4.47. The Morgan fingerprint density at radius 3 is 2.83 bits per heavy atom. The molecule has 124 valence electrons. The Hall–Kier alpha value is -1.95. The van der Waals surface area contributed by atoms with Gasteiger partial charge >= 0.3 is 5.97 Å². The Bertz CT molecular complexity index is 711. The molecule has 0 radical (unpaired) electrons. The molecule has 0 spiro atoms. The lowest BCUT2D eigenvalue weighted by Gasteiger charge is -2.34. The van der Waals surface area contributed by atoms with E-state index in [1.807, 2.05) is 6.07 Å². The third-order valence-electron chi connectivity index (χ3n) is 3.70. The molecule has 1 N–H and O–H groups in total. The van der Waals surface area contributed by atoms with Crippen LogP contribution in [0.4, 0.5) is 0 Å². The summed E-state index contributed by atoms with van der Waals surface area (Å²) in [6, 6.07) is 7.55. The van der Waals surface area contributed by atoms with Crippen LogP contribution in [0.2, 0.25) is 0 Å². The van der Waals surface area contributed by atoms with Crippen LogP contribution < -0.4 is 0 Å². The summed E-state index contributed by atoms with van der Waals surface area (Å²) in [5.41, 5.74) is 0.100. The number of benzene rings is 1. The van der Waals surface area contributed by atoms with E-state index in [1.165, 1.54) is 16.4 Å². The molecule has 1 saturated heterocycles. The number of aliphatic carboxylic acids is 1. The molecule has 7 nitrogen and oxygen atoms in total. The van der Waals surface area contributed by atoms with E-state index in [4.69, 9.17) is 15.1 Å². The van der Waals surface area contributed by atoms with Crippen LogP contribution in [0, 0.1) is 11.3 Å². The highest BCUT2D eigenvalue weighted by molar-refractivity contribution is 7.89. The topological polar surface area (TPSA) is 108 Å². The first-order valence-corrected chi connectivity index (χ1v) is 8.71. The number of piperidine rings is 1. The van der Waals surface area contributed by atoms with Gasteiger partial charge < -0.3 is 9.84 Å². The Kier molecular flexibility index (Phi) is 5.71. The number of rotatable bonds is 6. The number of carboxylic acid groups (broad SMARTS) is 1. The van der Waals surface area contributed by atoms with Crippen molar-refractivity contribution in [3.05, 3.63) is 29.8 Å². The summed E-state index contributed by atoms with van der Waals surface area (Å²) in [6.45, 7) is -0.0946. The molecule has 1 aliphatic heterocycles. The molecule has 1 atom stereocenters. The summed E-state index contributed by atoms with van der Waals surface area (Å²) in [7, 11) is -3.82. The minimum absolute atomic E-state index is 0.0207. The molecule has 2 rings (SSSR count). The molecule has 0 amide bonds. The Balaban J connectivity index is 2.25. The average molecular weight is 338 g/mol. The number of ether oxygens (including phenoxy) is 1. The molecule has 23 heavy (non-hydrogen) atoms. The minimum atomic E-state index is -3.82. The lowest BCUT2D eigenvalue weighted by Crippen LogP contribution is -2.46. The number of carboxylic acids is 1. The van der Waals surface area contributed by atoms with Gasteiger partial charge in [0.2, 0.25) is 10.0 Å². The van der Waals surface area contributed by atoms with Crippen molar-refractivity contribution in [1.82, 2.24) is 4.31 Å². The molecule has 0 saturated carbocycles. The van der Waals surface area contributed by atoms with Crippen LogP contribution in [0.5, 0.6) is 0 Å². The van der Waals surface area contributed by atoms with E-state index in [2.05, 4.69) is 0 Å². The normalized spacial score (nSPS) is 19.2. The van der Waals surface area contributed by atoms with Crippen LogP contribution >= 0.6 is 0 Å². The van der Waals surface area contributed by atoms with Crippen molar-refractivity contribution in [2.24, 2.45) is 0 Å². The molecule has 8 heteroatoms. The molecule has 0 aliphatic carbocycles. The van der Waals surface area contributed by atoms with Gasteiger partial charge in [-0.2, -0.15) is 9.57 Å². The lowest BCUT2D eigenvalue weighted by atomic mass is 10.1. The van der Waals surface area contributed by atoms with E-state index >= 15 is 0 Å². The van der Waals surface area contributed by atoms with Crippen LogP contribution in [-0.4, -0.2) is 49.6 Å². The number of hydrogen-bond acceptors (Lipinski definition) is 5. The smallest absolute Gasteiger partial charge is 0.329 e. The summed E-state index contributed by atoms with van der Waals surface area (Å²) < 4.78 is 32.2. The van der Waals surface area contributed by atoms with Crippen molar-refractivity contribution in [2.45, 2.75) is 30.2 Å². The van der Waals surface area contributed by atoms with Gasteiger partial charge in [0.25, 0.3) is 0 Å². The predicted molar refractivity (Wildman–Crippen MR) is 81.1 cm³/mol. The summed E-state index contributed by atoms with van der Waals surface area (Å²) in [6.07, 6.45) is 2.18. The molecule has 0 bridgehead atoms. The summed E-state index contributed by atoms with van der Waals surface area (Å²) in [4.78, 5) is 10.5. The SMILES string of the molecule is N#Cc1ccccc1S(=O)(=O)N1CCCC[C@H]1COCC(=O)O. The molecule has 0 aromatic heterocycles. The van der Waals surface area contributed by atoms with E-state index in [9.17, 15) is 13.2 Å². The van der Waals surface area contributed by atoms with E-state index in [1.54, 1.807) is 12.1 Å². The van der Waals surface area contributed by atoms with Crippen molar-refractivity contribution in [3.8, 4) is 6.07 Å². The van der Waals surface area contributed by atoms with Crippen LogP contribution in [0.1, 0.15) is 24.8 Å². The number of nitrogens with zero attached hydrogens (tertiary/aromatic N) is 2. The van der Waals surface area contributed by atoms with Crippen molar-refractivity contribution in [2.75, 3.05) is 19.8 Å². The quantitative estimate of drug-likeness (QED) is 0.835. The maximum absolute atomic E-state index is 12.9. The second kappa shape index (κ2) is 7.55. The lowest BCUT2D eigenvalue weighted by molar-refractivity contribution is -0.142. The first-order valence-electron chi connectivity index (χ1n) is 7.27. The minimum Gasteiger partial charge on any atom is -0.480 e. The fourth-order valence-electron chi connectivity index (χ4n) is 2.65. The summed E-state index contributed by atoms with van der Waals surface area (Å²) in [5, 5.41) is 17.7. The maximum Gasteiger partial charge on any atom is 0.329 e. The monoisotopic (exact) mass is 338 g/mol. The molecule has 1 aromatic rings. The van der Waals surface area contributed by atoms with Crippen LogP contribution in [0.3, 0.4) is 0 Å². The molecule has 0 unspecified atom stereocenters. The van der Waals surface area contributed by atoms with Gasteiger partial charge in [0.1, 0.15) is 12.7 Å². The highest BCUT2D eigenvalue weighted by atomic mass is 32.2. The second-order valence-corrected chi connectivity index (χ2v) is 7.14. The van der Waals surface area contributed by atoms with Gasteiger partial charge in [-0.3, -0.25) is 0 Å². The number of sulfonamides is 1. The van der Waals surface area contributed by atoms with Crippen LogP contribution in [-0.2, 0) is 19.6 Å². The zero-order valence-electron chi connectivity index (χ0n) is 12.5. The van der Waals surface area contributed by atoms with Crippen LogP contribution in [0.25, 0.3) is 0 Å². The molecular formula is C15H18N2O5S. The zero-order valence-corrected chi connectivity index (χ0v) is 13.3. The largest absolute Gasteiger partial charge is 0.480 e. The first-order chi connectivity index (χ1) is 11.0. The molecule has 1 aliphatic rings. The molecule has 1 aromatic carbocycles. The third-order valence-corrected chi connectivity index (χ3v) is 5.71. The van der Waals surface area contributed by atoms with Gasteiger partial charge in [0.15, 0.2) is 0 Å². The van der Waals surface area contributed by atoms with E-state index in [0.717, 1.165) is 12.8 Å². The highest BCUT2D eigenvalue weighted by Crippen LogP contribution is 2.27. The van der Waals surface area contributed by atoms with Crippen LogP contribution in [0.15, 0.2) is 29.2 Å². The van der Waals surface area contributed by atoms with Crippen molar-refractivity contribution in [3.63, 3.8) is 0 Å². The van der Waals surface area contributed by atoms with Crippen molar-refractivity contribution < 1.29 is 23.1 Å².